The molecule has 0 saturated carbocycles. The van der Waals surface area contributed by atoms with Gasteiger partial charge in [0.2, 0.25) is 0 Å². The van der Waals surface area contributed by atoms with Crippen LogP contribution in [0.15, 0.2) is 27.4 Å². The fourth-order valence-electron chi connectivity index (χ4n) is 7.03. The van der Waals surface area contributed by atoms with Gasteiger partial charge in [0.05, 0.1) is 23.5 Å². The van der Waals surface area contributed by atoms with Crippen LogP contribution >= 0.6 is 27.3 Å². The number of anilines is 2. The summed E-state index contributed by atoms with van der Waals surface area (Å²) >= 11 is 4.65. The van der Waals surface area contributed by atoms with Crippen molar-refractivity contribution in [3.05, 3.63) is 44.1 Å². The normalized spacial score (nSPS) is 20.9. The van der Waals surface area contributed by atoms with Crippen molar-refractivity contribution in [1.82, 2.24) is 19.6 Å². The average Bonchev–Trinajstić information content (AvgIpc) is 3.74. The van der Waals surface area contributed by atoms with Gasteiger partial charge in [0.1, 0.15) is 0 Å². The summed E-state index contributed by atoms with van der Waals surface area (Å²) in [5, 5.41) is 6.84. The lowest BCUT2D eigenvalue weighted by Crippen LogP contribution is -2.53. The molecule has 10 nitrogen and oxygen atoms in total. The van der Waals surface area contributed by atoms with Gasteiger partial charge in [-0.2, -0.15) is 13.2 Å². The second-order valence-corrected chi connectivity index (χ2v) is 14.1. The van der Waals surface area contributed by atoms with Crippen LogP contribution in [0.4, 0.5) is 34.1 Å². The van der Waals surface area contributed by atoms with E-state index in [0.29, 0.717) is 51.6 Å². The Morgan fingerprint density at radius 1 is 1.00 bits per heavy atom. The highest BCUT2D eigenvalue weighted by Gasteiger charge is 2.38. The van der Waals surface area contributed by atoms with Gasteiger partial charge < -0.3 is 35.4 Å². The molecule has 2 aromatic rings. The van der Waals surface area contributed by atoms with E-state index in [9.17, 15) is 27.6 Å². The van der Waals surface area contributed by atoms with E-state index < -0.39 is 35.5 Å². The van der Waals surface area contributed by atoms with Crippen LogP contribution in [0.1, 0.15) is 55.2 Å². The van der Waals surface area contributed by atoms with Gasteiger partial charge in [-0.3, -0.25) is 4.79 Å². The molecule has 1 atom stereocenters. The minimum atomic E-state index is -4.70. The molecular formula is C31H38BrF3N6O4S. The number of carbonyl (C=O) groups is 3. The molecule has 4 amide bonds. The summed E-state index contributed by atoms with van der Waals surface area (Å²) in [5.41, 5.74) is 6.32. The summed E-state index contributed by atoms with van der Waals surface area (Å²) in [4.78, 5) is 47.5. The molecule has 1 aromatic heterocycles. The van der Waals surface area contributed by atoms with E-state index in [0.717, 1.165) is 43.2 Å². The summed E-state index contributed by atoms with van der Waals surface area (Å²) in [6.45, 7) is 4.23. The van der Waals surface area contributed by atoms with Gasteiger partial charge in [0.25, 0.3) is 5.91 Å². The second-order valence-electron chi connectivity index (χ2n) is 12.5. The molecule has 0 bridgehead atoms. The maximum atomic E-state index is 13.9. The van der Waals surface area contributed by atoms with E-state index in [1.807, 2.05) is 10.8 Å². The molecule has 3 N–H and O–H groups in total. The molecule has 3 saturated heterocycles. The van der Waals surface area contributed by atoms with E-state index in [1.165, 1.54) is 35.1 Å². The van der Waals surface area contributed by atoms with Gasteiger partial charge in [-0.1, -0.05) is 0 Å². The zero-order valence-corrected chi connectivity index (χ0v) is 27.8. The summed E-state index contributed by atoms with van der Waals surface area (Å²) < 4.78 is 47.2. The van der Waals surface area contributed by atoms with Crippen LogP contribution in [-0.2, 0) is 28.7 Å². The van der Waals surface area contributed by atoms with Crippen LogP contribution in [0, 0.1) is 0 Å². The molecule has 1 aromatic carbocycles. The summed E-state index contributed by atoms with van der Waals surface area (Å²) in [6.07, 6.45) is -1.94. The Bertz CT molecular complexity index is 1450. The Morgan fingerprint density at radius 2 is 1.65 bits per heavy atom. The Hall–Kier alpha value is -3.04. The Morgan fingerprint density at radius 3 is 2.33 bits per heavy atom. The molecule has 15 heteroatoms. The van der Waals surface area contributed by atoms with Crippen LogP contribution in [0.3, 0.4) is 0 Å². The monoisotopic (exact) mass is 726 g/mol. The molecule has 3 fully saturated rings. The summed E-state index contributed by atoms with van der Waals surface area (Å²) in [5.74, 6) is -0.416. The average molecular weight is 728 g/mol. The molecule has 0 radical (unpaired) electrons. The molecule has 4 aliphatic heterocycles. The fourth-order valence-corrected chi connectivity index (χ4v) is 8.32. The predicted molar refractivity (Wildman–Crippen MR) is 171 cm³/mol. The number of hydrogen-bond donors (Lipinski definition) is 2. The highest BCUT2D eigenvalue weighted by atomic mass is 79.9. The van der Waals surface area contributed by atoms with Gasteiger partial charge in [0.15, 0.2) is 6.10 Å². The van der Waals surface area contributed by atoms with E-state index >= 15 is 0 Å². The molecule has 6 rings (SSSR count). The number of amides is 4. The number of nitrogens with one attached hydrogen (secondary N) is 1. The Balaban J connectivity index is 1.13. The lowest BCUT2D eigenvalue weighted by atomic mass is 10.00. The molecule has 4 aliphatic rings. The van der Waals surface area contributed by atoms with Gasteiger partial charge >= 0.3 is 18.3 Å². The number of fused-ring (bicyclic) bond motifs is 1. The topological polar surface area (TPSA) is 111 Å². The Labute approximate surface area is 278 Å². The summed E-state index contributed by atoms with van der Waals surface area (Å²) in [6, 6.07) is 2.51. The van der Waals surface area contributed by atoms with E-state index in [-0.39, 0.29) is 28.5 Å². The van der Waals surface area contributed by atoms with Crippen LogP contribution in [0.2, 0.25) is 0 Å². The number of benzene rings is 1. The lowest BCUT2D eigenvalue weighted by Gasteiger charge is -2.40. The van der Waals surface area contributed by atoms with Gasteiger partial charge in [-0.15, -0.1) is 11.3 Å². The standard InChI is InChI=1S/C31H38BrF3N6O4S/c32-24-14-19(13-23(27(24)36)31(33,34)35)15-26(28(42)39-9-3-21(4-10-39)38-7-1-2-8-38)45-30(44)40-11-5-22(6-12-40)41-16-20-17-46-18-25(20)37-29(41)43/h13-14,17-18,21-22,26H,1-12,15-16,36H2,(H,37,43)/t26-/m1/s1. The van der Waals surface area contributed by atoms with Crippen LogP contribution in [0.25, 0.3) is 0 Å². The van der Waals surface area contributed by atoms with Crippen molar-refractivity contribution in [2.75, 3.05) is 50.3 Å². The SMILES string of the molecule is Nc1c(Br)cc(C[C@@H](OC(=O)N2CCC(N3Cc4cscc4NC3=O)CC2)C(=O)N2CCC(N3CCCC3)CC2)cc1C(F)(F)F. The number of likely N-dealkylation sites (tertiary alicyclic amines) is 3. The minimum absolute atomic E-state index is 0.0553. The highest BCUT2D eigenvalue weighted by Crippen LogP contribution is 2.38. The van der Waals surface area contributed by atoms with E-state index in [4.69, 9.17) is 10.5 Å². The maximum Gasteiger partial charge on any atom is 0.418 e. The lowest BCUT2D eigenvalue weighted by molar-refractivity contribution is -0.142. The number of hydrogen-bond acceptors (Lipinski definition) is 7. The third kappa shape index (κ3) is 7.10. The largest absolute Gasteiger partial charge is 0.436 e. The molecule has 0 aliphatic carbocycles. The van der Waals surface area contributed by atoms with E-state index in [2.05, 4.69) is 26.1 Å². The molecule has 46 heavy (non-hydrogen) atoms. The van der Waals surface area contributed by atoms with Crippen molar-refractivity contribution in [1.29, 1.82) is 0 Å². The summed E-state index contributed by atoms with van der Waals surface area (Å²) in [7, 11) is 0. The van der Waals surface area contributed by atoms with Crippen molar-refractivity contribution >= 4 is 56.7 Å². The molecular weight excluding hydrogens is 689 g/mol. The zero-order chi connectivity index (χ0) is 32.6. The van der Waals surface area contributed by atoms with Gasteiger partial charge in [0, 0.05) is 60.1 Å². The smallest absolute Gasteiger partial charge is 0.418 e. The van der Waals surface area contributed by atoms with Crippen molar-refractivity contribution in [2.45, 2.75) is 75.9 Å². The van der Waals surface area contributed by atoms with Gasteiger partial charge in [-0.25, -0.2) is 9.59 Å². The number of thiophene rings is 1. The number of nitrogens with two attached hydrogens (primary N) is 1. The van der Waals surface area contributed by atoms with Crippen molar-refractivity contribution in [3.8, 4) is 0 Å². The highest BCUT2D eigenvalue weighted by molar-refractivity contribution is 9.10. The zero-order valence-electron chi connectivity index (χ0n) is 25.4. The number of nitrogen functional groups attached to an aromatic ring is 1. The first kappa shape index (κ1) is 32.9. The number of carbonyl (C=O) groups excluding carboxylic acids is 3. The molecule has 250 valence electrons. The number of nitrogens with zero attached hydrogens (tertiary/aromatic N) is 4. The first-order valence-electron chi connectivity index (χ1n) is 15.7. The number of piperidine rings is 2. The number of halogens is 4. The molecule has 5 heterocycles. The van der Waals surface area contributed by atoms with Crippen LogP contribution < -0.4 is 11.1 Å². The minimum Gasteiger partial charge on any atom is -0.436 e. The first-order chi connectivity index (χ1) is 22.0. The van der Waals surface area contributed by atoms with Crippen LogP contribution in [0.5, 0.6) is 0 Å². The maximum absolute atomic E-state index is 13.9. The quantitative estimate of drug-likeness (QED) is 0.367. The predicted octanol–water partition coefficient (Wildman–Crippen LogP) is 5.76. The Kier molecular flexibility index (Phi) is 9.72. The van der Waals surface area contributed by atoms with Crippen molar-refractivity contribution < 1.29 is 32.3 Å². The van der Waals surface area contributed by atoms with Crippen LogP contribution in [-0.4, -0.2) is 95.1 Å². The van der Waals surface area contributed by atoms with Crippen molar-refractivity contribution in [3.63, 3.8) is 0 Å². The van der Waals surface area contributed by atoms with E-state index in [1.54, 1.807) is 9.80 Å². The number of urea groups is 1. The third-order valence-corrected chi connectivity index (χ3v) is 11.1. The number of ether oxygens (including phenoxy) is 1. The second kappa shape index (κ2) is 13.6. The number of rotatable bonds is 6. The first-order valence-corrected chi connectivity index (χ1v) is 17.5. The van der Waals surface area contributed by atoms with Gasteiger partial charge in [-0.05, 0) is 90.6 Å². The fraction of sp³-hybridized carbons (Fsp3) is 0.581. The number of alkyl halides is 3. The molecule has 0 spiro atoms. The molecule has 0 unspecified atom stereocenters. The van der Waals surface area contributed by atoms with Crippen molar-refractivity contribution in [2.24, 2.45) is 0 Å². The third-order valence-electron chi connectivity index (χ3n) is 9.62.